The van der Waals surface area contributed by atoms with Gasteiger partial charge in [-0.3, -0.25) is 13.9 Å². The maximum atomic E-state index is 12.8. The SMILES string of the molecule is Cn1c(=O)c2c(nc(N3CCCC(N)C3)n2CC2(C)CC2)n(C)c1=O. The molecule has 4 rings (SSSR count). The Bertz CT molecular complexity index is 949. The second kappa shape index (κ2) is 5.45. The van der Waals surface area contributed by atoms with Crippen molar-refractivity contribution in [1.29, 1.82) is 0 Å². The zero-order valence-electron chi connectivity index (χ0n) is 15.2. The number of rotatable bonds is 3. The summed E-state index contributed by atoms with van der Waals surface area (Å²) in [7, 11) is 3.20. The molecule has 0 radical (unpaired) electrons. The van der Waals surface area contributed by atoms with E-state index in [1.165, 1.54) is 16.2 Å². The highest BCUT2D eigenvalue weighted by atomic mass is 16.2. The van der Waals surface area contributed by atoms with Crippen LogP contribution in [0.4, 0.5) is 5.95 Å². The maximum Gasteiger partial charge on any atom is 0.332 e. The van der Waals surface area contributed by atoms with Crippen molar-refractivity contribution in [3.8, 4) is 0 Å². The Hall–Kier alpha value is -2.09. The fourth-order valence-electron chi connectivity index (χ4n) is 3.77. The molecule has 1 unspecified atom stereocenters. The molecule has 8 heteroatoms. The summed E-state index contributed by atoms with van der Waals surface area (Å²) < 4.78 is 4.67. The lowest BCUT2D eigenvalue weighted by Gasteiger charge is -2.32. The molecule has 2 aromatic rings. The van der Waals surface area contributed by atoms with E-state index in [0.717, 1.165) is 51.3 Å². The van der Waals surface area contributed by atoms with Gasteiger partial charge in [-0.25, -0.2) is 4.79 Å². The summed E-state index contributed by atoms with van der Waals surface area (Å²) >= 11 is 0. The third kappa shape index (κ3) is 2.59. The predicted molar refractivity (Wildman–Crippen MR) is 97.0 cm³/mol. The number of fused-ring (bicyclic) bond motifs is 1. The van der Waals surface area contributed by atoms with Crippen LogP contribution in [0.3, 0.4) is 0 Å². The molecule has 1 atom stereocenters. The van der Waals surface area contributed by atoms with Gasteiger partial charge in [0.25, 0.3) is 5.56 Å². The lowest BCUT2D eigenvalue weighted by atomic mass is 10.1. The van der Waals surface area contributed by atoms with Crippen LogP contribution < -0.4 is 21.9 Å². The Balaban J connectivity index is 1.96. The van der Waals surface area contributed by atoms with E-state index in [2.05, 4.69) is 11.8 Å². The first-order valence-electron chi connectivity index (χ1n) is 8.97. The topological polar surface area (TPSA) is 91.1 Å². The lowest BCUT2D eigenvalue weighted by molar-refractivity contribution is 0.453. The van der Waals surface area contributed by atoms with Gasteiger partial charge in [0.15, 0.2) is 11.2 Å². The van der Waals surface area contributed by atoms with Gasteiger partial charge in [-0.15, -0.1) is 0 Å². The van der Waals surface area contributed by atoms with E-state index in [-0.39, 0.29) is 22.7 Å². The zero-order valence-corrected chi connectivity index (χ0v) is 15.2. The second-order valence-electron chi connectivity index (χ2n) is 8.03. The van der Waals surface area contributed by atoms with E-state index in [4.69, 9.17) is 10.7 Å². The maximum absolute atomic E-state index is 12.8. The molecule has 1 saturated carbocycles. The Morgan fingerprint density at radius 3 is 2.60 bits per heavy atom. The van der Waals surface area contributed by atoms with Gasteiger partial charge in [-0.2, -0.15) is 4.98 Å². The summed E-state index contributed by atoms with van der Waals surface area (Å²) in [6.07, 6.45) is 4.32. The molecule has 2 aliphatic rings. The summed E-state index contributed by atoms with van der Waals surface area (Å²) in [4.78, 5) is 32.0. The highest BCUT2D eigenvalue weighted by Gasteiger charge is 2.39. The molecule has 0 bridgehead atoms. The van der Waals surface area contributed by atoms with E-state index in [0.29, 0.717) is 11.2 Å². The van der Waals surface area contributed by atoms with Crippen LogP contribution in [0.25, 0.3) is 11.2 Å². The zero-order chi connectivity index (χ0) is 17.9. The summed E-state index contributed by atoms with van der Waals surface area (Å²) in [5.41, 5.74) is 6.73. The minimum Gasteiger partial charge on any atom is -0.341 e. The van der Waals surface area contributed by atoms with Gasteiger partial charge in [0.1, 0.15) is 0 Å². The van der Waals surface area contributed by atoms with E-state index in [9.17, 15) is 9.59 Å². The number of nitrogens with zero attached hydrogens (tertiary/aromatic N) is 5. The van der Waals surface area contributed by atoms with Crippen LogP contribution in [0.15, 0.2) is 9.59 Å². The average Bonchev–Trinajstić information content (AvgIpc) is 3.18. The van der Waals surface area contributed by atoms with Crippen LogP contribution in [-0.4, -0.2) is 37.8 Å². The minimum atomic E-state index is -0.346. The molecule has 2 aromatic heterocycles. The number of anilines is 1. The van der Waals surface area contributed by atoms with Crippen LogP contribution in [0, 0.1) is 5.41 Å². The smallest absolute Gasteiger partial charge is 0.332 e. The van der Waals surface area contributed by atoms with E-state index in [1.807, 2.05) is 4.57 Å². The molecule has 3 heterocycles. The molecule has 1 aliphatic heterocycles. The van der Waals surface area contributed by atoms with Crippen molar-refractivity contribution in [1.82, 2.24) is 18.7 Å². The fourth-order valence-corrected chi connectivity index (χ4v) is 3.77. The minimum absolute atomic E-state index is 0.116. The number of aryl methyl sites for hydroxylation is 1. The van der Waals surface area contributed by atoms with Crippen LogP contribution in [0.5, 0.6) is 0 Å². The van der Waals surface area contributed by atoms with Crippen molar-refractivity contribution >= 4 is 17.1 Å². The van der Waals surface area contributed by atoms with Crippen molar-refractivity contribution in [2.24, 2.45) is 25.2 Å². The number of hydrogen-bond acceptors (Lipinski definition) is 5. The van der Waals surface area contributed by atoms with Gasteiger partial charge in [0, 0.05) is 39.8 Å². The first-order valence-corrected chi connectivity index (χ1v) is 8.97. The molecule has 1 aliphatic carbocycles. The molecule has 136 valence electrons. The highest BCUT2D eigenvalue weighted by molar-refractivity contribution is 5.74. The van der Waals surface area contributed by atoms with Gasteiger partial charge < -0.3 is 15.2 Å². The summed E-state index contributed by atoms with van der Waals surface area (Å²) in [5, 5.41) is 0. The van der Waals surface area contributed by atoms with Crippen LogP contribution in [0.1, 0.15) is 32.6 Å². The van der Waals surface area contributed by atoms with Crippen LogP contribution in [-0.2, 0) is 20.6 Å². The monoisotopic (exact) mass is 346 g/mol. The molecule has 0 spiro atoms. The number of aromatic nitrogens is 4. The Labute approximate surface area is 145 Å². The van der Waals surface area contributed by atoms with E-state index in [1.54, 1.807) is 7.05 Å². The first-order chi connectivity index (χ1) is 11.8. The van der Waals surface area contributed by atoms with Gasteiger partial charge in [0.2, 0.25) is 5.95 Å². The molecule has 25 heavy (non-hydrogen) atoms. The van der Waals surface area contributed by atoms with Crippen molar-refractivity contribution in [3.63, 3.8) is 0 Å². The Morgan fingerprint density at radius 2 is 1.96 bits per heavy atom. The third-order valence-electron chi connectivity index (χ3n) is 5.71. The van der Waals surface area contributed by atoms with Gasteiger partial charge in [-0.1, -0.05) is 6.92 Å². The average molecular weight is 346 g/mol. The Kier molecular flexibility index (Phi) is 3.57. The first kappa shape index (κ1) is 16.4. The lowest BCUT2D eigenvalue weighted by Crippen LogP contribution is -2.44. The molecule has 1 saturated heterocycles. The third-order valence-corrected chi connectivity index (χ3v) is 5.71. The fraction of sp³-hybridized carbons (Fsp3) is 0.706. The number of hydrogen-bond donors (Lipinski definition) is 1. The Morgan fingerprint density at radius 1 is 1.24 bits per heavy atom. The van der Waals surface area contributed by atoms with E-state index < -0.39 is 0 Å². The second-order valence-corrected chi connectivity index (χ2v) is 8.03. The number of imidazole rings is 1. The van der Waals surface area contributed by atoms with Crippen molar-refractivity contribution < 1.29 is 0 Å². The van der Waals surface area contributed by atoms with Gasteiger partial charge in [0.05, 0.1) is 0 Å². The largest absolute Gasteiger partial charge is 0.341 e. The molecule has 2 N–H and O–H groups in total. The van der Waals surface area contributed by atoms with Crippen LogP contribution in [0.2, 0.25) is 0 Å². The van der Waals surface area contributed by atoms with Crippen molar-refractivity contribution in [2.75, 3.05) is 18.0 Å². The molecule has 0 aromatic carbocycles. The highest BCUT2D eigenvalue weighted by Crippen LogP contribution is 2.47. The summed E-state index contributed by atoms with van der Waals surface area (Å²) in [6, 6.07) is 0.116. The van der Waals surface area contributed by atoms with Crippen LogP contribution >= 0.6 is 0 Å². The summed E-state index contributed by atoms with van der Waals surface area (Å²) in [5.74, 6) is 0.775. The quantitative estimate of drug-likeness (QED) is 0.855. The number of piperidine rings is 1. The van der Waals surface area contributed by atoms with Crippen molar-refractivity contribution in [2.45, 2.75) is 45.2 Å². The molecule has 8 nitrogen and oxygen atoms in total. The predicted octanol–water partition coefficient (Wildman–Crippen LogP) is 0.161. The molecule has 0 amide bonds. The molecular formula is C17H26N6O2. The standard InChI is InChI=1S/C17H26N6O2/c1-17(6-7-17)10-23-12-13(20(2)16(25)21(3)14(12)24)19-15(23)22-8-4-5-11(18)9-22/h11H,4-10,18H2,1-3H3. The van der Waals surface area contributed by atoms with E-state index >= 15 is 0 Å². The molecular weight excluding hydrogens is 320 g/mol. The van der Waals surface area contributed by atoms with Gasteiger partial charge in [-0.05, 0) is 31.1 Å². The normalized spacial score (nSPS) is 22.6. The van der Waals surface area contributed by atoms with Gasteiger partial charge >= 0.3 is 5.69 Å². The van der Waals surface area contributed by atoms with Crippen molar-refractivity contribution in [3.05, 3.63) is 20.8 Å². The molecule has 2 fully saturated rings. The summed E-state index contributed by atoms with van der Waals surface area (Å²) in [6.45, 7) is 4.59. The number of nitrogens with two attached hydrogens (primary N) is 1.